The summed E-state index contributed by atoms with van der Waals surface area (Å²) in [4.78, 5) is 36.6. The molecule has 1 saturated carbocycles. The van der Waals surface area contributed by atoms with Gasteiger partial charge in [0.2, 0.25) is 5.91 Å². The Morgan fingerprint density at radius 1 is 1.39 bits per heavy atom. The van der Waals surface area contributed by atoms with E-state index in [-0.39, 0.29) is 18.4 Å². The average molecular weight is 253 g/mol. The molecule has 0 unspecified atom stereocenters. The first-order valence-electron chi connectivity index (χ1n) is 6.50. The molecule has 1 heterocycles. The number of carbonyl (C=O) groups is 3. The average Bonchev–Trinajstić information content (AvgIpc) is 2.89. The number of hydrogen-bond acceptors (Lipinski definition) is 3. The molecule has 6 heteroatoms. The maximum absolute atomic E-state index is 12.2. The van der Waals surface area contributed by atoms with Gasteiger partial charge in [-0.2, -0.15) is 0 Å². The lowest BCUT2D eigenvalue weighted by molar-refractivity contribution is -0.134. The van der Waals surface area contributed by atoms with Crippen LogP contribution in [0.3, 0.4) is 0 Å². The largest absolute Gasteiger partial charge is 0.355 e. The van der Waals surface area contributed by atoms with Gasteiger partial charge in [-0.05, 0) is 19.3 Å². The number of urea groups is 1. The van der Waals surface area contributed by atoms with Gasteiger partial charge in [-0.15, -0.1) is 0 Å². The van der Waals surface area contributed by atoms with E-state index in [2.05, 4.69) is 10.6 Å². The SMILES string of the molecule is CCCNC(=O)CN1C(=O)NC2(CCCC2)C1=O. The minimum Gasteiger partial charge on any atom is -0.355 e. The van der Waals surface area contributed by atoms with Gasteiger partial charge < -0.3 is 10.6 Å². The zero-order chi connectivity index (χ0) is 13.2. The van der Waals surface area contributed by atoms with E-state index in [1.165, 1.54) is 0 Å². The van der Waals surface area contributed by atoms with Gasteiger partial charge in [-0.25, -0.2) is 4.79 Å². The first-order valence-corrected chi connectivity index (χ1v) is 6.50. The molecule has 100 valence electrons. The van der Waals surface area contributed by atoms with Gasteiger partial charge >= 0.3 is 6.03 Å². The van der Waals surface area contributed by atoms with Crippen molar-refractivity contribution in [2.45, 2.75) is 44.6 Å². The fraction of sp³-hybridized carbons (Fsp3) is 0.750. The number of amides is 4. The summed E-state index contributed by atoms with van der Waals surface area (Å²) >= 11 is 0. The lowest BCUT2D eigenvalue weighted by Gasteiger charge is -2.19. The van der Waals surface area contributed by atoms with Gasteiger partial charge in [-0.3, -0.25) is 14.5 Å². The molecule has 18 heavy (non-hydrogen) atoms. The summed E-state index contributed by atoms with van der Waals surface area (Å²) in [5.74, 6) is -0.521. The molecule has 0 aromatic carbocycles. The molecule has 0 bridgehead atoms. The van der Waals surface area contributed by atoms with E-state index in [0.717, 1.165) is 24.2 Å². The molecule has 1 aliphatic heterocycles. The third-order valence-electron chi connectivity index (χ3n) is 3.58. The van der Waals surface area contributed by atoms with E-state index in [4.69, 9.17) is 0 Å². The number of imide groups is 1. The van der Waals surface area contributed by atoms with Crippen LogP contribution in [0.5, 0.6) is 0 Å². The first kappa shape index (κ1) is 12.9. The highest BCUT2D eigenvalue weighted by molar-refractivity contribution is 6.09. The van der Waals surface area contributed by atoms with E-state index >= 15 is 0 Å². The summed E-state index contributed by atoms with van der Waals surface area (Å²) in [5, 5.41) is 5.41. The third-order valence-corrected chi connectivity index (χ3v) is 3.58. The summed E-state index contributed by atoms with van der Waals surface area (Å²) in [6, 6.07) is -0.437. The molecule has 2 aliphatic rings. The van der Waals surface area contributed by atoms with Crippen LogP contribution in [0.4, 0.5) is 4.79 Å². The van der Waals surface area contributed by atoms with Crippen LogP contribution in [-0.2, 0) is 9.59 Å². The summed E-state index contributed by atoms with van der Waals surface area (Å²) in [6.45, 7) is 2.33. The number of nitrogens with one attached hydrogen (secondary N) is 2. The fourth-order valence-corrected chi connectivity index (χ4v) is 2.60. The molecule has 0 radical (unpaired) electrons. The predicted molar refractivity (Wildman–Crippen MR) is 64.7 cm³/mol. The smallest absolute Gasteiger partial charge is 0.325 e. The standard InChI is InChI=1S/C12H19N3O3/c1-2-7-13-9(16)8-15-10(17)12(14-11(15)18)5-3-4-6-12/h2-8H2,1H3,(H,13,16)(H,14,18). The Hall–Kier alpha value is -1.59. The van der Waals surface area contributed by atoms with Crippen molar-refractivity contribution < 1.29 is 14.4 Å². The van der Waals surface area contributed by atoms with E-state index in [1.54, 1.807) is 0 Å². The minimum atomic E-state index is -0.720. The second kappa shape index (κ2) is 4.96. The molecule has 4 amide bonds. The van der Waals surface area contributed by atoms with Crippen molar-refractivity contribution in [3.8, 4) is 0 Å². The number of hydrogen-bond donors (Lipinski definition) is 2. The monoisotopic (exact) mass is 253 g/mol. The van der Waals surface area contributed by atoms with E-state index < -0.39 is 11.6 Å². The molecule has 1 spiro atoms. The van der Waals surface area contributed by atoms with Gasteiger partial charge in [0, 0.05) is 6.54 Å². The quantitative estimate of drug-likeness (QED) is 0.711. The summed E-state index contributed by atoms with van der Waals surface area (Å²) in [6.07, 6.45) is 4.09. The molecule has 0 aromatic heterocycles. The van der Waals surface area contributed by atoms with Crippen molar-refractivity contribution in [3.05, 3.63) is 0 Å². The zero-order valence-corrected chi connectivity index (χ0v) is 10.6. The Morgan fingerprint density at radius 2 is 2.06 bits per heavy atom. The fourth-order valence-electron chi connectivity index (χ4n) is 2.60. The molecule has 2 fully saturated rings. The molecule has 0 aromatic rings. The van der Waals surface area contributed by atoms with Crippen LogP contribution in [0, 0.1) is 0 Å². The van der Waals surface area contributed by atoms with Gasteiger partial charge in [0.05, 0.1) is 0 Å². The summed E-state index contributed by atoms with van der Waals surface area (Å²) in [5.41, 5.74) is -0.720. The Labute approximate surface area is 106 Å². The van der Waals surface area contributed by atoms with Crippen LogP contribution in [0.2, 0.25) is 0 Å². The number of rotatable bonds is 4. The minimum absolute atomic E-state index is 0.174. The maximum atomic E-state index is 12.2. The highest BCUT2D eigenvalue weighted by atomic mass is 16.2. The lowest BCUT2D eigenvalue weighted by Crippen LogP contribution is -2.45. The van der Waals surface area contributed by atoms with Gasteiger partial charge in [-0.1, -0.05) is 19.8 Å². The van der Waals surface area contributed by atoms with Crippen LogP contribution in [0.1, 0.15) is 39.0 Å². The van der Waals surface area contributed by atoms with Crippen molar-refractivity contribution in [2.24, 2.45) is 0 Å². The van der Waals surface area contributed by atoms with Gasteiger partial charge in [0.25, 0.3) is 5.91 Å². The van der Waals surface area contributed by atoms with Gasteiger partial charge in [0.1, 0.15) is 12.1 Å². The number of nitrogens with zero attached hydrogens (tertiary/aromatic N) is 1. The molecular weight excluding hydrogens is 234 g/mol. The van der Waals surface area contributed by atoms with Crippen LogP contribution in [0.25, 0.3) is 0 Å². The molecule has 1 aliphatic carbocycles. The second-order valence-corrected chi connectivity index (χ2v) is 4.96. The van der Waals surface area contributed by atoms with E-state index in [1.807, 2.05) is 6.92 Å². The van der Waals surface area contributed by atoms with Crippen molar-refractivity contribution in [1.82, 2.24) is 15.5 Å². The molecule has 6 nitrogen and oxygen atoms in total. The van der Waals surface area contributed by atoms with Crippen LogP contribution in [-0.4, -0.2) is 41.4 Å². The van der Waals surface area contributed by atoms with Crippen LogP contribution >= 0.6 is 0 Å². The Kier molecular flexibility index (Phi) is 3.54. The van der Waals surface area contributed by atoms with Crippen LogP contribution < -0.4 is 10.6 Å². The molecule has 0 atom stereocenters. The van der Waals surface area contributed by atoms with Crippen LogP contribution in [0.15, 0.2) is 0 Å². The summed E-state index contributed by atoms with van der Waals surface area (Å²) in [7, 11) is 0. The van der Waals surface area contributed by atoms with E-state index in [9.17, 15) is 14.4 Å². The molecular formula is C12H19N3O3. The third kappa shape index (κ3) is 2.19. The summed E-state index contributed by atoms with van der Waals surface area (Å²) < 4.78 is 0. The Bertz CT molecular complexity index is 375. The first-order chi connectivity index (χ1) is 8.59. The van der Waals surface area contributed by atoms with Crippen molar-refractivity contribution in [3.63, 3.8) is 0 Å². The highest BCUT2D eigenvalue weighted by Crippen LogP contribution is 2.34. The molecule has 1 saturated heterocycles. The predicted octanol–water partition coefficient (Wildman–Crippen LogP) is 0.377. The second-order valence-electron chi connectivity index (χ2n) is 4.96. The Morgan fingerprint density at radius 3 is 2.67 bits per heavy atom. The highest BCUT2D eigenvalue weighted by Gasteiger charge is 2.52. The van der Waals surface area contributed by atoms with Crippen molar-refractivity contribution >= 4 is 17.8 Å². The number of carbonyl (C=O) groups excluding carboxylic acids is 3. The van der Waals surface area contributed by atoms with Crippen molar-refractivity contribution in [1.29, 1.82) is 0 Å². The zero-order valence-electron chi connectivity index (χ0n) is 10.6. The lowest BCUT2D eigenvalue weighted by atomic mass is 9.98. The van der Waals surface area contributed by atoms with Crippen molar-refractivity contribution in [2.75, 3.05) is 13.1 Å². The molecule has 2 rings (SSSR count). The maximum Gasteiger partial charge on any atom is 0.325 e. The van der Waals surface area contributed by atoms with E-state index in [0.29, 0.717) is 19.4 Å². The topological polar surface area (TPSA) is 78.5 Å². The van der Waals surface area contributed by atoms with Gasteiger partial charge in [0.15, 0.2) is 0 Å². The normalized spacial score (nSPS) is 21.5. The Balaban J connectivity index is 1.99. The molecule has 2 N–H and O–H groups in total.